The van der Waals surface area contributed by atoms with E-state index in [1.54, 1.807) is 6.07 Å². The summed E-state index contributed by atoms with van der Waals surface area (Å²) >= 11 is 15.8. The third-order valence-electron chi connectivity index (χ3n) is 4.69. The molecule has 2 nitrogen and oxygen atoms in total. The van der Waals surface area contributed by atoms with Crippen LogP contribution in [-0.4, -0.2) is 0 Å². The van der Waals surface area contributed by atoms with E-state index in [0.29, 0.717) is 23.2 Å². The van der Waals surface area contributed by atoms with E-state index in [-0.39, 0.29) is 0 Å². The lowest BCUT2D eigenvalue weighted by molar-refractivity contribution is 0.304. The molecule has 0 fully saturated rings. The summed E-state index contributed by atoms with van der Waals surface area (Å²) in [6.45, 7) is 1.07. The Morgan fingerprint density at radius 1 is 0.828 bits per heavy atom. The highest BCUT2D eigenvalue weighted by Gasteiger charge is 2.08. The molecule has 0 heterocycles. The number of fused-ring (bicyclic) bond motifs is 1. The molecule has 0 bridgehead atoms. The monoisotopic (exact) mass is 485 g/mol. The van der Waals surface area contributed by atoms with Crippen LogP contribution in [0.4, 0.5) is 5.69 Å². The molecule has 1 N–H and O–H groups in total. The smallest absolute Gasteiger partial charge is 0.124 e. The standard InChI is InChI=1S/C24H18BrCl2NO/c25-19-8-11-24(18(12-19)14-28-23-10-9-20(26)13-22(23)27)29-15-17-6-3-5-16-4-1-2-7-21(16)17/h1-13,28H,14-15H2. The fraction of sp³-hybridized carbons (Fsp3) is 0.0833. The Bertz CT molecular complexity index is 1160. The molecule has 0 atom stereocenters. The fourth-order valence-electron chi connectivity index (χ4n) is 3.22. The van der Waals surface area contributed by atoms with Crippen molar-refractivity contribution >= 4 is 55.6 Å². The lowest BCUT2D eigenvalue weighted by atomic mass is 10.1. The molecule has 0 aliphatic rings. The highest BCUT2D eigenvalue weighted by Crippen LogP contribution is 2.29. The van der Waals surface area contributed by atoms with Crippen LogP contribution in [0, 0.1) is 0 Å². The van der Waals surface area contributed by atoms with Gasteiger partial charge in [-0.2, -0.15) is 0 Å². The average molecular weight is 487 g/mol. The van der Waals surface area contributed by atoms with Crippen molar-refractivity contribution in [1.29, 1.82) is 0 Å². The molecular formula is C24H18BrCl2NO. The van der Waals surface area contributed by atoms with E-state index in [0.717, 1.165) is 27.0 Å². The molecule has 5 heteroatoms. The molecule has 29 heavy (non-hydrogen) atoms. The zero-order valence-electron chi connectivity index (χ0n) is 15.5. The number of ether oxygens (including phenoxy) is 1. The second-order valence-electron chi connectivity index (χ2n) is 6.66. The van der Waals surface area contributed by atoms with Gasteiger partial charge in [-0.05, 0) is 52.7 Å². The Kier molecular flexibility index (Phi) is 6.29. The predicted octanol–water partition coefficient (Wildman–Crippen LogP) is 8.10. The molecule has 4 rings (SSSR count). The third kappa shape index (κ3) is 4.87. The van der Waals surface area contributed by atoms with Crippen LogP contribution in [0.3, 0.4) is 0 Å². The van der Waals surface area contributed by atoms with Crippen LogP contribution in [-0.2, 0) is 13.2 Å². The predicted molar refractivity (Wildman–Crippen MR) is 126 cm³/mol. The van der Waals surface area contributed by atoms with Crippen molar-refractivity contribution in [2.45, 2.75) is 13.2 Å². The van der Waals surface area contributed by atoms with Gasteiger partial charge >= 0.3 is 0 Å². The first-order valence-electron chi connectivity index (χ1n) is 9.17. The molecule has 0 radical (unpaired) electrons. The zero-order valence-corrected chi connectivity index (χ0v) is 18.6. The first-order valence-corrected chi connectivity index (χ1v) is 10.7. The number of anilines is 1. The molecule has 0 saturated carbocycles. The molecule has 0 spiro atoms. The maximum absolute atomic E-state index is 6.28. The van der Waals surface area contributed by atoms with Gasteiger partial charge in [-0.3, -0.25) is 0 Å². The third-order valence-corrected chi connectivity index (χ3v) is 5.73. The highest BCUT2D eigenvalue weighted by atomic mass is 79.9. The Labute approximate surface area is 188 Å². The first-order chi connectivity index (χ1) is 14.1. The van der Waals surface area contributed by atoms with Gasteiger partial charge < -0.3 is 10.1 Å². The number of halogens is 3. The lowest BCUT2D eigenvalue weighted by Gasteiger charge is -2.15. The van der Waals surface area contributed by atoms with Crippen molar-refractivity contribution in [2.24, 2.45) is 0 Å². The minimum atomic E-state index is 0.498. The molecule has 0 aliphatic carbocycles. The summed E-state index contributed by atoms with van der Waals surface area (Å²) in [4.78, 5) is 0. The summed E-state index contributed by atoms with van der Waals surface area (Å²) < 4.78 is 7.20. The van der Waals surface area contributed by atoms with Gasteiger partial charge in [-0.25, -0.2) is 0 Å². The van der Waals surface area contributed by atoms with Gasteiger partial charge in [-0.1, -0.05) is 81.6 Å². The SMILES string of the molecule is Clc1ccc(NCc2cc(Br)ccc2OCc2cccc3ccccc23)c(Cl)c1. The minimum Gasteiger partial charge on any atom is -0.489 e. The first kappa shape index (κ1) is 20.1. The van der Waals surface area contributed by atoms with Crippen molar-refractivity contribution in [3.8, 4) is 5.75 Å². The van der Waals surface area contributed by atoms with Crippen molar-refractivity contribution < 1.29 is 4.74 Å². The maximum atomic E-state index is 6.28. The Hall–Kier alpha value is -2.20. The molecule has 4 aromatic rings. The van der Waals surface area contributed by atoms with Crippen molar-refractivity contribution in [2.75, 3.05) is 5.32 Å². The largest absolute Gasteiger partial charge is 0.489 e. The van der Waals surface area contributed by atoms with Crippen LogP contribution in [0.15, 0.2) is 83.3 Å². The molecule has 0 amide bonds. The summed E-state index contributed by atoms with van der Waals surface area (Å²) in [7, 11) is 0. The van der Waals surface area contributed by atoms with Gasteiger partial charge in [0.05, 0.1) is 10.7 Å². The van der Waals surface area contributed by atoms with E-state index in [2.05, 4.69) is 63.7 Å². The summed E-state index contributed by atoms with van der Waals surface area (Å²) in [5, 5.41) is 6.98. The molecule has 4 aromatic carbocycles. The van der Waals surface area contributed by atoms with E-state index in [1.165, 1.54) is 10.8 Å². The second kappa shape index (κ2) is 9.08. The topological polar surface area (TPSA) is 21.3 Å². The fourth-order valence-corrected chi connectivity index (χ4v) is 4.11. The van der Waals surface area contributed by atoms with E-state index in [9.17, 15) is 0 Å². The van der Waals surface area contributed by atoms with Crippen molar-refractivity contribution in [3.05, 3.63) is 105 Å². The van der Waals surface area contributed by atoms with Crippen molar-refractivity contribution in [1.82, 2.24) is 0 Å². The van der Waals surface area contributed by atoms with Crippen LogP contribution in [0.5, 0.6) is 5.75 Å². The maximum Gasteiger partial charge on any atom is 0.124 e. The average Bonchev–Trinajstić information content (AvgIpc) is 2.72. The van der Waals surface area contributed by atoms with Crippen LogP contribution in [0.1, 0.15) is 11.1 Å². The summed E-state index contributed by atoms with van der Waals surface area (Å²) in [5.74, 6) is 0.832. The van der Waals surface area contributed by atoms with Crippen LogP contribution in [0.2, 0.25) is 10.0 Å². The number of nitrogens with one attached hydrogen (secondary N) is 1. The van der Waals surface area contributed by atoms with E-state index in [1.807, 2.05) is 30.3 Å². The lowest BCUT2D eigenvalue weighted by Crippen LogP contribution is -2.04. The van der Waals surface area contributed by atoms with Crippen molar-refractivity contribution in [3.63, 3.8) is 0 Å². The molecular weight excluding hydrogens is 469 g/mol. The number of hydrogen-bond donors (Lipinski definition) is 1. The quantitative estimate of drug-likeness (QED) is 0.297. The van der Waals surface area contributed by atoms with Crippen LogP contribution >= 0.6 is 39.1 Å². The molecule has 0 aromatic heterocycles. The Morgan fingerprint density at radius 2 is 1.66 bits per heavy atom. The van der Waals surface area contributed by atoms with Gasteiger partial charge in [0.15, 0.2) is 0 Å². The van der Waals surface area contributed by atoms with Gasteiger partial charge in [0.2, 0.25) is 0 Å². The molecule has 0 aliphatic heterocycles. The van der Waals surface area contributed by atoms with Gasteiger partial charge in [0, 0.05) is 21.6 Å². The van der Waals surface area contributed by atoms with E-state index in [4.69, 9.17) is 27.9 Å². The number of hydrogen-bond acceptors (Lipinski definition) is 2. The van der Waals surface area contributed by atoms with Gasteiger partial charge in [0.25, 0.3) is 0 Å². The zero-order chi connectivity index (χ0) is 20.2. The van der Waals surface area contributed by atoms with Crippen LogP contribution < -0.4 is 10.1 Å². The van der Waals surface area contributed by atoms with Gasteiger partial charge in [0.1, 0.15) is 12.4 Å². The number of rotatable bonds is 6. The minimum absolute atomic E-state index is 0.498. The van der Waals surface area contributed by atoms with Crippen LogP contribution in [0.25, 0.3) is 10.8 Å². The summed E-state index contributed by atoms with van der Waals surface area (Å²) in [6.07, 6.45) is 0. The summed E-state index contributed by atoms with van der Waals surface area (Å²) in [5.41, 5.74) is 3.02. The molecule has 0 saturated heterocycles. The highest BCUT2D eigenvalue weighted by molar-refractivity contribution is 9.10. The van der Waals surface area contributed by atoms with Gasteiger partial charge in [-0.15, -0.1) is 0 Å². The summed E-state index contributed by atoms with van der Waals surface area (Å²) in [6, 6.07) is 26.1. The second-order valence-corrected chi connectivity index (χ2v) is 8.42. The number of benzene rings is 4. The molecule has 0 unspecified atom stereocenters. The van der Waals surface area contributed by atoms with E-state index >= 15 is 0 Å². The Morgan fingerprint density at radius 3 is 2.52 bits per heavy atom. The molecule has 146 valence electrons. The van der Waals surface area contributed by atoms with E-state index < -0.39 is 0 Å². The Balaban J connectivity index is 1.53. The normalized spacial score (nSPS) is 10.9.